The molecule has 1 aromatic carbocycles. The number of para-hydroxylation sites is 1. The van der Waals surface area contributed by atoms with Gasteiger partial charge < -0.3 is 4.74 Å². The first-order valence-electron chi connectivity index (χ1n) is 9.96. The Hall–Kier alpha value is -3.04. The van der Waals surface area contributed by atoms with Gasteiger partial charge in [-0.15, -0.1) is 0 Å². The summed E-state index contributed by atoms with van der Waals surface area (Å²) in [7, 11) is 0. The van der Waals surface area contributed by atoms with Gasteiger partial charge in [0, 0.05) is 12.7 Å². The Bertz CT molecular complexity index is 1330. The van der Waals surface area contributed by atoms with Crippen LogP contribution in [0.25, 0.3) is 11.7 Å². The van der Waals surface area contributed by atoms with E-state index in [-0.39, 0.29) is 29.0 Å². The number of aryl methyl sites for hydroxylation is 1. The van der Waals surface area contributed by atoms with Crippen LogP contribution in [0.1, 0.15) is 25.0 Å². The van der Waals surface area contributed by atoms with E-state index in [0.29, 0.717) is 21.4 Å². The van der Waals surface area contributed by atoms with Crippen molar-refractivity contribution < 1.29 is 13.9 Å². The predicted molar refractivity (Wildman–Crippen MR) is 127 cm³/mol. The third kappa shape index (κ3) is 4.18. The molecule has 1 amide bonds. The van der Waals surface area contributed by atoms with Crippen molar-refractivity contribution in [2.75, 3.05) is 6.54 Å². The van der Waals surface area contributed by atoms with Crippen molar-refractivity contribution in [1.29, 1.82) is 0 Å². The van der Waals surface area contributed by atoms with E-state index in [4.69, 9.17) is 17.0 Å². The summed E-state index contributed by atoms with van der Waals surface area (Å²) in [5.41, 5.74) is 0.742. The number of nitrogens with zero attached hydrogens (tertiary/aromatic N) is 3. The first kappa shape index (κ1) is 22.2. The predicted octanol–water partition coefficient (Wildman–Crippen LogP) is 4.79. The van der Waals surface area contributed by atoms with Crippen molar-refractivity contribution in [3.63, 3.8) is 0 Å². The van der Waals surface area contributed by atoms with Crippen LogP contribution in [0.2, 0.25) is 0 Å². The lowest BCUT2D eigenvalue weighted by molar-refractivity contribution is -0.122. The van der Waals surface area contributed by atoms with Gasteiger partial charge in [0.1, 0.15) is 15.5 Å². The summed E-state index contributed by atoms with van der Waals surface area (Å²) in [4.78, 5) is 32.6. The van der Waals surface area contributed by atoms with Gasteiger partial charge in [0.15, 0.2) is 11.6 Å². The normalized spacial score (nSPS) is 15.4. The third-order valence-electron chi connectivity index (χ3n) is 4.79. The minimum absolute atomic E-state index is 0.0430. The van der Waals surface area contributed by atoms with Crippen LogP contribution in [0.3, 0.4) is 0 Å². The number of carbonyl (C=O) groups excluding carboxylic acids is 1. The summed E-state index contributed by atoms with van der Waals surface area (Å²) in [6.07, 6.45) is 3.02. The molecule has 0 bridgehead atoms. The second-order valence-corrected chi connectivity index (χ2v) is 9.42. The number of ether oxygens (including phenoxy) is 1. The zero-order chi connectivity index (χ0) is 23.0. The lowest BCUT2D eigenvalue weighted by atomic mass is 10.2. The number of carbonyl (C=O) groups is 1. The monoisotopic (exact) mass is 469 g/mol. The van der Waals surface area contributed by atoms with Gasteiger partial charge in [0.2, 0.25) is 5.88 Å². The van der Waals surface area contributed by atoms with Crippen molar-refractivity contribution in [3.8, 4) is 11.6 Å². The van der Waals surface area contributed by atoms with Crippen molar-refractivity contribution in [3.05, 3.63) is 74.8 Å². The van der Waals surface area contributed by atoms with Crippen molar-refractivity contribution >= 4 is 45.9 Å². The smallest absolute Gasteiger partial charge is 0.269 e. The van der Waals surface area contributed by atoms with E-state index >= 15 is 0 Å². The molecule has 0 saturated carbocycles. The first-order valence-corrected chi connectivity index (χ1v) is 11.2. The van der Waals surface area contributed by atoms with Gasteiger partial charge in [-0.2, -0.15) is 4.98 Å². The molecule has 0 N–H and O–H groups in total. The quantitative estimate of drug-likeness (QED) is 0.395. The number of rotatable bonds is 5. The van der Waals surface area contributed by atoms with Crippen LogP contribution >= 0.6 is 24.0 Å². The van der Waals surface area contributed by atoms with Gasteiger partial charge in [-0.3, -0.25) is 18.9 Å². The second-order valence-electron chi connectivity index (χ2n) is 7.74. The molecule has 6 nitrogen and oxygen atoms in total. The number of hydrogen-bond donors (Lipinski definition) is 0. The number of fused-ring (bicyclic) bond motifs is 1. The summed E-state index contributed by atoms with van der Waals surface area (Å²) >= 11 is 6.48. The molecule has 1 saturated heterocycles. The van der Waals surface area contributed by atoms with Crippen LogP contribution in [-0.2, 0) is 4.79 Å². The minimum Gasteiger partial charge on any atom is -0.435 e. The van der Waals surface area contributed by atoms with Crippen molar-refractivity contribution in [2.24, 2.45) is 5.92 Å². The molecule has 3 aromatic rings. The lowest BCUT2D eigenvalue weighted by Gasteiger charge is -2.16. The maximum atomic E-state index is 14.3. The van der Waals surface area contributed by atoms with E-state index in [2.05, 4.69) is 4.98 Å². The Morgan fingerprint density at radius 2 is 1.97 bits per heavy atom. The maximum absolute atomic E-state index is 14.3. The first-order chi connectivity index (χ1) is 15.3. The molecule has 0 atom stereocenters. The van der Waals surface area contributed by atoms with Crippen molar-refractivity contribution in [2.45, 2.75) is 20.8 Å². The summed E-state index contributed by atoms with van der Waals surface area (Å²) in [6, 6.07) is 9.40. The molecule has 1 aliphatic rings. The number of pyridine rings is 1. The number of thiocarbonyl (C=S) groups is 1. The molecule has 32 heavy (non-hydrogen) atoms. The third-order valence-corrected chi connectivity index (χ3v) is 6.17. The van der Waals surface area contributed by atoms with Gasteiger partial charge in [-0.1, -0.05) is 56.0 Å². The highest BCUT2D eigenvalue weighted by Gasteiger charge is 2.33. The number of thioether (sulfide) groups is 1. The molecule has 0 radical (unpaired) electrons. The van der Waals surface area contributed by atoms with E-state index in [1.165, 1.54) is 33.6 Å². The van der Waals surface area contributed by atoms with E-state index in [1.54, 1.807) is 18.3 Å². The molecular formula is C23H20FN3O3S2. The zero-order valence-electron chi connectivity index (χ0n) is 17.7. The van der Waals surface area contributed by atoms with Gasteiger partial charge in [-0.25, -0.2) is 4.39 Å². The molecule has 0 spiro atoms. The Kier molecular flexibility index (Phi) is 6.12. The molecule has 4 rings (SSSR count). The lowest BCUT2D eigenvalue weighted by Crippen LogP contribution is -2.31. The van der Waals surface area contributed by atoms with Crippen LogP contribution in [0, 0.1) is 18.7 Å². The number of amides is 1. The Balaban J connectivity index is 1.88. The largest absolute Gasteiger partial charge is 0.435 e. The fourth-order valence-corrected chi connectivity index (χ4v) is 4.54. The fourth-order valence-electron chi connectivity index (χ4n) is 3.28. The Morgan fingerprint density at radius 1 is 1.22 bits per heavy atom. The zero-order valence-corrected chi connectivity index (χ0v) is 19.3. The molecule has 0 aliphatic carbocycles. The van der Waals surface area contributed by atoms with E-state index in [9.17, 15) is 14.0 Å². The molecule has 1 fully saturated rings. The molecule has 0 unspecified atom stereocenters. The van der Waals surface area contributed by atoms with Gasteiger partial charge >= 0.3 is 0 Å². The number of benzene rings is 1. The summed E-state index contributed by atoms with van der Waals surface area (Å²) < 4.78 is 21.8. The van der Waals surface area contributed by atoms with Crippen LogP contribution in [0.5, 0.6) is 11.6 Å². The van der Waals surface area contributed by atoms with Gasteiger partial charge in [-0.05, 0) is 42.7 Å². The van der Waals surface area contributed by atoms with Crippen LogP contribution < -0.4 is 10.3 Å². The topological polar surface area (TPSA) is 63.9 Å². The highest BCUT2D eigenvalue weighted by atomic mass is 32.2. The number of aromatic nitrogens is 2. The maximum Gasteiger partial charge on any atom is 0.269 e. The van der Waals surface area contributed by atoms with Crippen molar-refractivity contribution in [1.82, 2.24) is 14.3 Å². The van der Waals surface area contributed by atoms with Crippen LogP contribution in [0.4, 0.5) is 4.39 Å². The number of halogens is 1. The summed E-state index contributed by atoms with van der Waals surface area (Å²) in [5, 5.41) is 0. The van der Waals surface area contributed by atoms with Crippen LogP contribution in [0.15, 0.2) is 52.3 Å². The van der Waals surface area contributed by atoms with E-state index < -0.39 is 11.4 Å². The molecule has 1 aliphatic heterocycles. The van der Waals surface area contributed by atoms with Crippen LogP contribution in [-0.4, -0.2) is 31.1 Å². The average Bonchev–Trinajstić information content (AvgIpc) is 3.00. The molecular weight excluding hydrogens is 449 g/mol. The Labute approximate surface area is 193 Å². The second kappa shape index (κ2) is 8.84. The minimum atomic E-state index is -0.589. The van der Waals surface area contributed by atoms with E-state index in [0.717, 1.165) is 17.3 Å². The summed E-state index contributed by atoms with van der Waals surface area (Å²) in [6.45, 7) is 6.27. The standard InChI is InChI=1S/C23H20FN3O3S2/c1-13(2)12-27-22(29)18(32-23(27)31)11-15-20(30-17-9-5-4-8-16(17)24)25-19-14(3)7-6-10-26(19)21(15)28/h4-11,13H,12H2,1-3H3/b18-11+. The van der Waals surface area contributed by atoms with E-state index in [1.807, 2.05) is 26.8 Å². The number of hydrogen-bond acceptors (Lipinski definition) is 6. The molecule has 164 valence electrons. The van der Waals surface area contributed by atoms with Gasteiger partial charge in [0.05, 0.1) is 4.91 Å². The highest BCUT2D eigenvalue weighted by Crippen LogP contribution is 2.34. The summed E-state index contributed by atoms with van der Waals surface area (Å²) in [5.74, 6) is -0.789. The molecule has 3 heterocycles. The SMILES string of the molecule is Cc1cccn2c(=O)c(/C=C3/SC(=S)N(CC(C)C)C3=O)c(Oc3ccccc3F)nc12. The fraction of sp³-hybridized carbons (Fsp3) is 0.217. The molecule has 2 aromatic heterocycles. The molecule has 9 heteroatoms. The average molecular weight is 470 g/mol. The Morgan fingerprint density at radius 3 is 2.69 bits per heavy atom. The van der Waals surface area contributed by atoms with Gasteiger partial charge in [0.25, 0.3) is 11.5 Å². The highest BCUT2D eigenvalue weighted by molar-refractivity contribution is 8.26.